The van der Waals surface area contributed by atoms with Gasteiger partial charge in [0, 0.05) is 42.6 Å². The van der Waals surface area contributed by atoms with Crippen LogP contribution in [0.3, 0.4) is 0 Å². The molecule has 0 bridgehead atoms. The normalized spacial score (nSPS) is 9.20. The molecule has 0 unspecified atom stereocenters. The van der Waals surface area contributed by atoms with Crippen LogP contribution < -0.4 is 15.4 Å². The van der Waals surface area contributed by atoms with Gasteiger partial charge in [-0.15, -0.1) is 0 Å². The third-order valence-corrected chi connectivity index (χ3v) is 11.3. The van der Waals surface area contributed by atoms with E-state index in [4.69, 9.17) is 37.8 Å². The number of likely N-dealkylation sites (N-methyl/N-ethyl adjacent to an activating group) is 2. The molecule has 0 atom stereocenters. The Morgan fingerprint density at radius 1 is 0.476 bits per heavy atom. The van der Waals surface area contributed by atoms with E-state index in [1.165, 1.54) is 40.8 Å². The molecule has 13 heteroatoms. The molecular formula is C71H96Cl2F5N3O3. The van der Waals surface area contributed by atoms with Crippen molar-refractivity contribution >= 4 is 23.2 Å². The SMILES string of the molecule is CCC.CCc1cc(F)c(F)c(F)c1.CCc1cccc(Cl)c1.CCc1cccc(F)c1.CCc1ccccc1Cl.CCc1ccccc1F.CCc1cccnc1.CNCCO.CNCCOC.COc1ccccc1.Cc1ccccc1. The molecule has 1 aromatic heterocycles. The number of benzene rings is 7. The number of rotatable bonds is 12. The van der Waals surface area contributed by atoms with E-state index in [1.54, 1.807) is 58.7 Å². The Labute approximate surface area is 512 Å². The Kier molecular flexibility index (Phi) is 56.8. The molecule has 6 nitrogen and oxygen atoms in total. The first-order chi connectivity index (χ1) is 40.5. The molecular weight excluding hydrogens is 1110 g/mol. The Morgan fingerprint density at radius 2 is 0.952 bits per heavy atom. The molecule has 84 heavy (non-hydrogen) atoms. The number of nitrogens with zero attached hydrogens (tertiary/aromatic N) is 1. The monoisotopic (exact) mass is 1200 g/mol. The Balaban J connectivity index is -0.000000868. The zero-order valence-electron chi connectivity index (χ0n) is 52.1. The van der Waals surface area contributed by atoms with Gasteiger partial charge < -0.3 is 25.2 Å². The molecule has 0 fully saturated rings. The first-order valence-electron chi connectivity index (χ1n) is 28.5. The summed E-state index contributed by atoms with van der Waals surface area (Å²) in [7, 11) is 7.06. The number of hydrogen-bond acceptors (Lipinski definition) is 6. The number of para-hydroxylation sites is 1. The number of hydrogen-bond donors (Lipinski definition) is 3. The number of ether oxygens (including phenoxy) is 2. The summed E-state index contributed by atoms with van der Waals surface area (Å²) < 4.78 is 71.7. The summed E-state index contributed by atoms with van der Waals surface area (Å²) in [5.74, 6) is -2.98. The molecule has 0 spiro atoms. The lowest BCUT2D eigenvalue weighted by Crippen LogP contribution is -2.12. The number of aliphatic hydroxyl groups excluding tert-OH is 1. The lowest BCUT2D eigenvalue weighted by molar-refractivity contribution is 0.201. The van der Waals surface area contributed by atoms with Crippen molar-refractivity contribution in [1.82, 2.24) is 15.6 Å². The highest BCUT2D eigenvalue weighted by Gasteiger charge is 2.09. The molecule has 0 radical (unpaired) electrons. The van der Waals surface area contributed by atoms with Gasteiger partial charge in [-0.25, -0.2) is 22.0 Å². The van der Waals surface area contributed by atoms with E-state index >= 15 is 0 Å². The van der Waals surface area contributed by atoms with E-state index in [9.17, 15) is 22.0 Å². The zero-order chi connectivity index (χ0) is 63.6. The van der Waals surface area contributed by atoms with E-state index in [1.807, 2.05) is 136 Å². The van der Waals surface area contributed by atoms with Gasteiger partial charge >= 0.3 is 0 Å². The first-order valence-corrected chi connectivity index (χ1v) is 29.2. The summed E-state index contributed by atoms with van der Waals surface area (Å²) in [4.78, 5) is 3.96. The molecule has 8 rings (SSSR count). The lowest BCUT2D eigenvalue weighted by Gasteiger charge is -1.98. The molecule has 1 heterocycles. The quantitative estimate of drug-likeness (QED) is 0.0643. The van der Waals surface area contributed by atoms with Crippen LogP contribution in [0.1, 0.15) is 101 Å². The zero-order valence-corrected chi connectivity index (χ0v) is 53.6. The van der Waals surface area contributed by atoms with Gasteiger partial charge in [0.25, 0.3) is 0 Å². The first kappa shape index (κ1) is 81.8. The van der Waals surface area contributed by atoms with Crippen LogP contribution in [-0.4, -0.2) is 64.7 Å². The van der Waals surface area contributed by atoms with E-state index < -0.39 is 17.5 Å². The highest BCUT2D eigenvalue weighted by atomic mass is 35.5. The Morgan fingerprint density at radius 3 is 1.26 bits per heavy atom. The second-order valence-corrected chi connectivity index (χ2v) is 18.4. The summed E-state index contributed by atoms with van der Waals surface area (Å²) in [6.45, 7) is 21.0. The van der Waals surface area contributed by atoms with Gasteiger partial charge in [0.2, 0.25) is 0 Å². The third kappa shape index (κ3) is 47.0. The maximum Gasteiger partial charge on any atom is 0.194 e. The number of nitrogens with one attached hydrogen (secondary N) is 2. The van der Waals surface area contributed by atoms with Crippen molar-refractivity contribution < 1.29 is 36.5 Å². The maximum absolute atomic E-state index is 12.6. The molecule has 0 aliphatic heterocycles. The van der Waals surface area contributed by atoms with Crippen LogP contribution in [0.15, 0.2) is 194 Å². The Bertz CT molecular complexity index is 2550. The second-order valence-electron chi connectivity index (χ2n) is 17.6. The van der Waals surface area contributed by atoms with E-state index in [2.05, 4.69) is 81.4 Å². The summed E-state index contributed by atoms with van der Waals surface area (Å²) in [5.41, 5.74) is 7.44. The van der Waals surface area contributed by atoms with Crippen LogP contribution in [0.2, 0.25) is 10.0 Å². The minimum atomic E-state index is -1.40. The molecule has 7 aromatic carbocycles. The van der Waals surface area contributed by atoms with Gasteiger partial charge in [-0.3, -0.25) is 4.98 Å². The van der Waals surface area contributed by atoms with Crippen molar-refractivity contribution in [3.8, 4) is 5.75 Å². The fourth-order valence-electron chi connectivity index (χ4n) is 5.91. The minimum Gasteiger partial charge on any atom is -0.497 e. The predicted molar refractivity (Wildman–Crippen MR) is 349 cm³/mol. The number of methoxy groups -OCH3 is 2. The minimum absolute atomic E-state index is 0.0972. The molecule has 0 aliphatic rings. The van der Waals surface area contributed by atoms with Crippen molar-refractivity contribution in [2.45, 2.75) is 107 Å². The van der Waals surface area contributed by atoms with Gasteiger partial charge in [0.1, 0.15) is 17.4 Å². The average molecular weight is 1210 g/mol. The lowest BCUT2D eigenvalue weighted by atomic mass is 10.1. The third-order valence-electron chi connectivity index (χ3n) is 10.7. The van der Waals surface area contributed by atoms with Crippen molar-refractivity contribution in [1.29, 1.82) is 0 Å². The van der Waals surface area contributed by atoms with Crippen LogP contribution in [-0.2, 0) is 43.3 Å². The standard InChI is InChI=1S/2C8H9Cl.C8H7F3.2C8H9F.C7H9N.C7H8O.C7H8.C4H11NO.C3H9NO.C3H8/c1-2-7-4-3-5-8(9)6-7;1-2-7-5-3-4-6-8(7)9;1-2-5-3-6(9)8(11)7(10)4-5;1-2-7-4-3-5-8(9)6-7;1-2-7-5-3-4-6-8(7)9;1-2-7-4-3-5-8-6-7;1-8-7-5-3-2-4-6-7;1-7-5-3-2-4-6-7;1-5-3-4-6-2;1-4-2-3-5;1-3-2/h2*3-6H,2H2,1H3;3-4H,2H2,1H3;2*3-6H,2H2,1H3;3-6H,2H2,1H3;2-6H,1H3;2-6H,1H3;5H,3-4H2,1-2H3;4-5H,2-3H2,1H3;3H2,1-2H3. The summed E-state index contributed by atoms with van der Waals surface area (Å²) in [6, 6.07) is 55.3. The second kappa shape index (κ2) is 58.3. The van der Waals surface area contributed by atoms with Crippen LogP contribution in [0.4, 0.5) is 22.0 Å². The van der Waals surface area contributed by atoms with E-state index in [0.717, 1.165) is 84.3 Å². The van der Waals surface area contributed by atoms with Gasteiger partial charge in [0.05, 0.1) is 20.3 Å². The fourth-order valence-corrected chi connectivity index (χ4v) is 6.39. The maximum atomic E-state index is 12.6. The summed E-state index contributed by atoms with van der Waals surface area (Å²) >= 11 is 11.5. The molecule has 8 aromatic rings. The average Bonchev–Trinajstić information content (AvgIpc) is 3.54. The number of pyridine rings is 1. The molecule has 0 saturated heterocycles. The molecule has 0 aliphatic carbocycles. The largest absolute Gasteiger partial charge is 0.497 e. The van der Waals surface area contributed by atoms with Crippen LogP contribution >= 0.6 is 23.2 Å². The topological polar surface area (TPSA) is 75.6 Å². The van der Waals surface area contributed by atoms with Crippen LogP contribution in [0.5, 0.6) is 5.75 Å². The van der Waals surface area contributed by atoms with E-state index in [0.29, 0.717) is 18.5 Å². The summed E-state index contributed by atoms with van der Waals surface area (Å²) in [5, 5.41) is 15.4. The van der Waals surface area contributed by atoms with Gasteiger partial charge in [-0.2, -0.15) is 0 Å². The predicted octanol–water partition coefficient (Wildman–Crippen LogP) is 19.0. The van der Waals surface area contributed by atoms with Crippen molar-refractivity contribution in [2.24, 2.45) is 0 Å². The number of aliphatic hydroxyl groups is 1. The summed E-state index contributed by atoms with van der Waals surface area (Å²) in [6.07, 6.45) is 10.2. The molecule has 0 amide bonds. The van der Waals surface area contributed by atoms with Gasteiger partial charge in [0.15, 0.2) is 17.5 Å². The number of aryl methyl sites for hydroxylation is 7. The van der Waals surface area contributed by atoms with Crippen molar-refractivity contribution in [2.75, 3.05) is 54.6 Å². The smallest absolute Gasteiger partial charge is 0.194 e. The van der Waals surface area contributed by atoms with E-state index in [-0.39, 0.29) is 18.2 Å². The highest BCUT2D eigenvalue weighted by molar-refractivity contribution is 6.31. The van der Waals surface area contributed by atoms with Gasteiger partial charge in [-0.1, -0.05) is 206 Å². The number of aromatic nitrogens is 1. The van der Waals surface area contributed by atoms with Gasteiger partial charge in [-0.05, 0) is 160 Å². The van der Waals surface area contributed by atoms with Crippen LogP contribution in [0.25, 0.3) is 0 Å². The van der Waals surface area contributed by atoms with Crippen molar-refractivity contribution in [3.63, 3.8) is 0 Å². The molecule has 0 saturated carbocycles. The fraction of sp³-hybridized carbons (Fsp3) is 0.338. The van der Waals surface area contributed by atoms with Crippen LogP contribution in [0, 0.1) is 36.0 Å². The Hall–Kier alpha value is -6.44. The number of halogens is 7. The highest BCUT2D eigenvalue weighted by Crippen LogP contribution is 2.15. The molecule has 462 valence electrons. The molecule has 3 N–H and O–H groups in total. The van der Waals surface area contributed by atoms with Crippen molar-refractivity contribution in [3.05, 3.63) is 272 Å².